The maximum atomic E-state index is 11.9. The second-order valence-electron chi connectivity index (χ2n) is 6.66. The first-order valence-corrected chi connectivity index (χ1v) is 9.44. The Kier molecular flexibility index (Phi) is 5.38. The van der Waals surface area contributed by atoms with Crippen molar-refractivity contribution in [3.05, 3.63) is 64.7 Å². The fraction of sp³-hybridized carbons (Fsp3) is 0.227. The van der Waals surface area contributed by atoms with Gasteiger partial charge in [0.15, 0.2) is 23.1 Å². The average molecular weight is 406 g/mol. The quantitative estimate of drug-likeness (QED) is 0.507. The Morgan fingerprint density at radius 3 is 2.33 bits per heavy atom. The van der Waals surface area contributed by atoms with E-state index < -0.39 is 5.69 Å². The standard InChI is InChI=1S/C22H22N4O4/c1-28-17-11-15(12-18(29-2)19(17)30-3)16-13-23-20-21(25-22(27)24-20)26(16)10-9-14-7-5-4-6-8-14/h4-8,11-13H,9-10H2,1-3H3,(H,23,24,27). The van der Waals surface area contributed by atoms with E-state index in [0.717, 1.165) is 17.7 Å². The lowest BCUT2D eigenvalue weighted by molar-refractivity contribution is 0.324. The van der Waals surface area contributed by atoms with E-state index in [4.69, 9.17) is 14.2 Å². The lowest BCUT2D eigenvalue weighted by atomic mass is 10.1. The molecule has 30 heavy (non-hydrogen) atoms. The summed E-state index contributed by atoms with van der Waals surface area (Å²) < 4.78 is 18.4. The molecule has 154 valence electrons. The Balaban J connectivity index is 1.86. The largest absolute Gasteiger partial charge is 0.493 e. The molecule has 0 aliphatic carbocycles. The van der Waals surface area contributed by atoms with Gasteiger partial charge in [0.25, 0.3) is 0 Å². The number of rotatable bonds is 7. The van der Waals surface area contributed by atoms with Crippen LogP contribution in [-0.4, -0.2) is 40.8 Å². The highest BCUT2D eigenvalue weighted by Gasteiger charge is 2.20. The normalized spacial score (nSPS) is 10.9. The highest BCUT2D eigenvalue weighted by Crippen LogP contribution is 2.41. The SMILES string of the molecule is COc1cc(-c2cnc3[nH]c(=O)nc-3n2CCc2ccccc2)cc(OC)c1OC. The van der Waals surface area contributed by atoms with Crippen LogP contribution >= 0.6 is 0 Å². The third-order valence-electron chi connectivity index (χ3n) is 4.93. The average Bonchev–Trinajstić information content (AvgIpc) is 3.17. The van der Waals surface area contributed by atoms with Crippen molar-refractivity contribution < 1.29 is 14.2 Å². The minimum Gasteiger partial charge on any atom is -0.493 e. The Hall–Kier alpha value is -3.81. The van der Waals surface area contributed by atoms with E-state index in [1.165, 1.54) is 5.56 Å². The molecule has 0 fully saturated rings. The van der Waals surface area contributed by atoms with Gasteiger partial charge in [-0.1, -0.05) is 30.3 Å². The summed E-state index contributed by atoms with van der Waals surface area (Å²) in [5.74, 6) is 2.53. The number of aromatic amines is 1. The number of methoxy groups -OCH3 is 3. The minimum absolute atomic E-state index is 0.423. The molecule has 0 saturated carbocycles. The molecule has 2 aliphatic rings. The number of aromatic nitrogens is 4. The second-order valence-corrected chi connectivity index (χ2v) is 6.66. The van der Waals surface area contributed by atoms with E-state index in [-0.39, 0.29) is 0 Å². The van der Waals surface area contributed by atoms with Gasteiger partial charge in [0.2, 0.25) is 5.75 Å². The van der Waals surface area contributed by atoms with Crippen molar-refractivity contribution in [1.82, 2.24) is 19.5 Å². The van der Waals surface area contributed by atoms with Crippen molar-refractivity contribution in [3.63, 3.8) is 0 Å². The van der Waals surface area contributed by atoms with Crippen LogP contribution in [0.4, 0.5) is 0 Å². The molecule has 0 radical (unpaired) electrons. The summed E-state index contributed by atoms with van der Waals surface area (Å²) in [6.07, 6.45) is 2.48. The maximum absolute atomic E-state index is 11.9. The molecule has 4 rings (SSSR count). The third-order valence-corrected chi connectivity index (χ3v) is 4.93. The summed E-state index contributed by atoms with van der Waals surface area (Å²) >= 11 is 0. The molecular formula is C22H22N4O4. The number of ether oxygens (including phenoxy) is 3. The van der Waals surface area contributed by atoms with Crippen molar-refractivity contribution in [2.45, 2.75) is 13.0 Å². The van der Waals surface area contributed by atoms with Crippen LogP contribution in [0.2, 0.25) is 0 Å². The van der Waals surface area contributed by atoms with E-state index in [2.05, 4.69) is 27.1 Å². The third kappa shape index (κ3) is 3.59. The van der Waals surface area contributed by atoms with Crippen LogP contribution in [0, 0.1) is 0 Å². The number of nitrogens with zero attached hydrogens (tertiary/aromatic N) is 3. The fourth-order valence-electron chi connectivity index (χ4n) is 3.49. The molecule has 2 aromatic rings. The zero-order chi connectivity index (χ0) is 21.1. The minimum atomic E-state index is -0.423. The van der Waals surface area contributed by atoms with Crippen LogP contribution < -0.4 is 19.9 Å². The molecule has 1 N–H and O–H groups in total. The van der Waals surface area contributed by atoms with Gasteiger partial charge in [0, 0.05) is 12.1 Å². The van der Waals surface area contributed by atoms with E-state index >= 15 is 0 Å². The highest BCUT2D eigenvalue weighted by atomic mass is 16.5. The molecule has 0 saturated heterocycles. The molecule has 0 spiro atoms. The molecule has 2 heterocycles. The molecule has 0 aromatic heterocycles. The summed E-state index contributed by atoms with van der Waals surface area (Å²) in [5, 5.41) is 0. The van der Waals surface area contributed by atoms with Gasteiger partial charge < -0.3 is 18.8 Å². The number of aryl methyl sites for hydroxylation is 1. The number of H-pyrrole nitrogens is 1. The fourth-order valence-corrected chi connectivity index (χ4v) is 3.49. The predicted molar refractivity (Wildman–Crippen MR) is 113 cm³/mol. The molecule has 0 amide bonds. The number of nitrogens with one attached hydrogen (secondary N) is 1. The first-order valence-electron chi connectivity index (χ1n) is 9.44. The number of hydrogen-bond acceptors (Lipinski definition) is 6. The first-order chi connectivity index (χ1) is 14.6. The monoisotopic (exact) mass is 406 g/mol. The smallest absolute Gasteiger partial charge is 0.348 e. The van der Waals surface area contributed by atoms with Gasteiger partial charge in [0.1, 0.15) is 0 Å². The van der Waals surface area contributed by atoms with Crippen LogP contribution in [0.5, 0.6) is 17.2 Å². The molecule has 2 aromatic carbocycles. The summed E-state index contributed by atoms with van der Waals surface area (Å²) in [5.41, 5.74) is 2.35. The van der Waals surface area contributed by atoms with Crippen molar-refractivity contribution >= 4 is 0 Å². The van der Waals surface area contributed by atoms with Gasteiger partial charge in [-0.2, -0.15) is 4.98 Å². The van der Waals surface area contributed by atoms with E-state index in [0.29, 0.717) is 35.4 Å². The summed E-state index contributed by atoms with van der Waals surface area (Å²) in [6, 6.07) is 13.9. The van der Waals surface area contributed by atoms with Gasteiger partial charge in [0.05, 0.1) is 33.2 Å². The van der Waals surface area contributed by atoms with Gasteiger partial charge in [-0.25, -0.2) is 9.78 Å². The van der Waals surface area contributed by atoms with E-state index in [9.17, 15) is 4.79 Å². The van der Waals surface area contributed by atoms with Gasteiger partial charge in [-0.05, 0) is 24.1 Å². The molecule has 0 bridgehead atoms. The van der Waals surface area contributed by atoms with Crippen molar-refractivity contribution in [3.8, 4) is 40.2 Å². The van der Waals surface area contributed by atoms with Crippen LogP contribution in [0.1, 0.15) is 5.56 Å². The first kappa shape index (κ1) is 19.5. The number of imidazole rings is 1. The molecule has 8 heteroatoms. The van der Waals surface area contributed by atoms with Crippen LogP contribution in [0.3, 0.4) is 0 Å². The van der Waals surface area contributed by atoms with E-state index in [1.807, 2.05) is 34.9 Å². The van der Waals surface area contributed by atoms with Gasteiger partial charge >= 0.3 is 5.69 Å². The van der Waals surface area contributed by atoms with Gasteiger partial charge in [-0.3, -0.25) is 4.98 Å². The Labute approximate surface area is 173 Å². The summed E-state index contributed by atoms with van der Waals surface area (Å²) in [6.45, 7) is 0.610. The zero-order valence-corrected chi connectivity index (χ0v) is 17.0. The van der Waals surface area contributed by atoms with Gasteiger partial charge in [-0.15, -0.1) is 0 Å². The van der Waals surface area contributed by atoms with Crippen LogP contribution in [-0.2, 0) is 13.0 Å². The Bertz CT molecular complexity index is 1160. The predicted octanol–water partition coefficient (Wildman–Crippen LogP) is 3.01. The van der Waals surface area contributed by atoms with Crippen molar-refractivity contribution in [1.29, 1.82) is 0 Å². The zero-order valence-electron chi connectivity index (χ0n) is 17.0. The molecular weight excluding hydrogens is 384 g/mol. The summed E-state index contributed by atoms with van der Waals surface area (Å²) in [7, 11) is 4.71. The van der Waals surface area contributed by atoms with Crippen LogP contribution in [0.15, 0.2) is 53.5 Å². The second kappa shape index (κ2) is 8.28. The number of fused-ring (bicyclic) bond motifs is 1. The highest BCUT2D eigenvalue weighted by molar-refractivity contribution is 5.70. The lowest BCUT2D eigenvalue weighted by Crippen LogP contribution is -2.12. The number of hydrogen-bond donors (Lipinski definition) is 1. The molecule has 0 atom stereocenters. The van der Waals surface area contributed by atoms with Crippen molar-refractivity contribution in [2.24, 2.45) is 0 Å². The summed E-state index contributed by atoms with van der Waals surface area (Å²) in [4.78, 5) is 23.1. The topological polar surface area (TPSA) is 91.3 Å². The molecule has 0 unspecified atom stereocenters. The molecule has 2 aliphatic heterocycles. The molecule has 8 nitrogen and oxygen atoms in total. The Morgan fingerprint density at radius 1 is 1.00 bits per heavy atom. The lowest BCUT2D eigenvalue weighted by Gasteiger charge is -2.19. The van der Waals surface area contributed by atoms with E-state index in [1.54, 1.807) is 27.5 Å². The number of benzene rings is 2. The maximum Gasteiger partial charge on any atom is 0.348 e. The van der Waals surface area contributed by atoms with Crippen molar-refractivity contribution in [2.75, 3.05) is 21.3 Å². The Morgan fingerprint density at radius 2 is 1.70 bits per heavy atom. The van der Waals surface area contributed by atoms with Crippen LogP contribution in [0.25, 0.3) is 22.9 Å².